The Bertz CT molecular complexity index is 1040. The molecule has 1 heterocycles. The summed E-state index contributed by atoms with van der Waals surface area (Å²) in [7, 11) is -3.76. The minimum absolute atomic E-state index is 0.0841. The van der Waals surface area contributed by atoms with Gasteiger partial charge in [-0.25, -0.2) is 13.1 Å². The number of nitrogens with zero attached hydrogens (tertiary/aromatic N) is 1. The van der Waals surface area contributed by atoms with Crippen molar-refractivity contribution in [2.24, 2.45) is 0 Å². The van der Waals surface area contributed by atoms with E-state index >= 15 is 0 Å². The first-order valence-electron chi connectivity index (χ1n) is 8.31. The zero-order valence-electron chi connectivity index (χ0n) is 14.7. The summed E-state index contributed by atoms with van der Waals surface area (Å²) in [4.78, 5) is 16.4. The number of aromatic nitrogens is 1. The largest absolute Gasteiger partial charge is 0.322 e. The average Bonchev–Trinajstić information content (AvgIpc) is 2.68. The molecule has 3 aromatic rings. The highest BCUT2D eigenvalue weighted by molar-refractivity contribution is 7.89. The molecule has 0 aliphatic carbocycles. The van der Waals surface area contributed by atoms with E-state index in [-0.39, 0.29) is 22.9 Å². The van der Waals surface area contributed by atoms with Crippen LogP contribution in [0.4, 0.5) is 5.69 Å². The maximum absolute atomic E-state index is 12.7. The van der Waals surface area contributed by atoms with Crippen LogP contribution in [0.5, 0.6) is 0 Å². The Kier molecular flexibility index (Phi) is 5.63. The van der Waals surface area contributed by atoms with Crippen molar-refractivity contribution in [1.29, 1.82) is 0 Å². The second-order valence-corrected chi connectivity index (χ2v) is 7.72. The van der Waals surface area contributed by atoms with Gasteiger partial charge in [-0.3, -0.25) is 9.78 Å². The average molecular weight is 381 g/mol. The quantitative estimate of drug-likeness (QED) is 0.687. The smallest absolute Gasteiger partial charge is 0.255 e. The minimum Gasteiger partial charge on any atom is -0.322 e. The number of hydrogen-bond acceptors (Lipinski definition) is 4. The number of hydrogen-bond donors (Lipinski definition) is 2. The van der Waals surface area contributed by atoms with Crippen molar-refractivity contribution in [2.45, 2.75) is 18.4 Å². The molecule has 27 heavy (non-hydrogen) atoms. The number of anilines is 1. The van der Waals surface area contributed by atoms with Crippen LogP contribution >= 0.6 is 0 Å². The fourth-order valence-corrected chi connectivity index (χ4v) is 3.81. The van der Waals surface area contributed by atoms with E-state index in [2.05, 4.69) is 15.0 Å². The second-order valence-electron chi connectivity index (χ2n) is 5.98. The molecule has 0 saturated heterocycles. The Morgan fingerprint density at radius 1 is 1.00 bits per heavy atom. The molecule has 0 atom stereocenters. The molecule has 0 aliphatic heterocycles. The van der Waals surface area contributed by atoms with Gasteiger partial charge in [-0.2, -0.15) is 0 Å². The molecule has 3 rings (SSSR count). The fourth-order valence-electron chi connectivity index (χ4n) is 2.52. The monoisotopic (exact) mass is 381 g/mol. The summed E-state index contributed by atoms with van der Waals surface area (Å²) in [5.41, 5.74) is 2.26. The molecule has 7 heteroatoms. The number of carbonyl (C=O) groups excluding carboxylic acids is 1. The van der Waals surface area contributed by atoms with E-state index < -0.39 is 10.0 Å². The van der Waals surface area contributed by atoms with E-state index in [9.17, 15) is 13.2 Å². The van der Waals surface area contributed by atoms with Gasteiger partial charge in [0, 0.05) is 30.2 Å². The lowest BCUT2D eigenvalue weighted by Crippen LogP contribution is -2.24. The van der Waals surface area contributed by atoms with Gasteiger partial charge in [0.05, 0.1) is 4.90 Å². The number of benzene rings is 2. The first-order chi connectivity index (χ1) is 13.0. The molecule has 0 aliphatic rings. The van der Waals surface area contributed by atoms with Gasteiger partial charge in [0.15, 0.2) is 0 Å². The SMILES string of the molecule is Cc1ccc(C(=O)Nc2ccncc2)cc1S(=O)(=O)NCc1ccccc1. The summed E-state index contributed by atoms with van der Waals surface area (Å²) in [6.07, 6.45) is 3.13. The van der Waals surface area contributed by atoms with E-state index in [1.807, 2.05) is 30.3 Å². The first-order valence-corrected chi connectivity index (χ1v) is 9.80. The number of sulfonamides is 1. The highest BCUT2D eigenvalue weighted by Gasteiger charge is 2.19. The lowest BCUT2D eigenvalue weighted by atomic mass is 10.1. The third-order valence-corrected chi connectivity index (χ3v) is 5.53. The Hall–Kier alpha value is -3.03. The van der Waals surface area contributed by atoms with E-state index in [1.54, 1.807) is 43.6 Å². The number of amides is 1. The topological polar surface area (TPSA) is 88.2 Å². The summed E-state index contributed by atoms with van der Waals surface area (Å²) >= 11 is 0. The third kappa shape index (κ3) is 4.78. The molecule has 6 nitrogen and oxygen atoms in total. The van der Waals surface area contributed by atoms with Crippen LogP contribution in [-0.4, -0.2) is 19.3 Å². The Labute approximate surface area is 158 Å². The molecule has 0 radical (unpaired) electrons. The highest BCUT2D eigenvalue weighted by atomic mass is 32.2. The Morgan fingerprint density at radius 3 is 2.41 bits per heavy atom. The number of nitrogens with one attached hydrogen (secondary N) is 2. The highest BCUT2D eigenvalue weighted by Crippen LogP contribution is 2.18. The van der Waals surface area contributed by atoms with Crippen molar-refractivity contribution in [1.82, 2.24) is 9.71 Å². The molecule has 0 bridgehead atoms. The van der Waals surface area contributed by atoms with Gasteiger partial charge in [-0.15, -0.1) is 0 Å². The van der Waals surface area contributed by atoms with Crippen LogP contribution in [0.2, 0.25) is 0 Å². The van der Waals surface area contributed by atoms with Gasteiger partial charge in [0.25, 0.3) is 5.91 Å². The number of rotatable bonds is 6. The predicted molar refractivity (Wildman–Crippen MR) is 104 cm³/mol. The van der Waals surface area contributed by atoms with Gasteiger partial charge in [-0.05, 0) is 42.3 Å². The van der Waals surface area contributed by atoms with Crippen molar-refractivity contribution in [3.63, 3.8) is 0 Å². The molecular formula is C20H19N3O3S. The van der Waals surface area contributed by atoms with Crippen LogP contribution < -0.4 is 10.0 Å². The standard InChI is InChI=1S/C20H19N3O3S/c1-15-7-8-17(20(24)23-18-9-11-21-12-10-18)13-19(15)27(25,26)22-14-16-5-3-2-4-6-16/h2-13,22H,14H2,1H3,(H,21,23,24). The zero-order chi connectivity index (χ0) is 19.3. The Balaban J connectivity index is 1.80. The van der Waals surface area contributed by atoms with E-state index in [0.29, 0.717) is 11.3 Å². The number of aryl methyl sites for hydroxylation is 1. The molecule has 0 unspecified atom stereocenters. The van der Waals surface area contributed by atoms with Crippen molar-refractivity contribution in [3.8, 4) is 0 Å². The lowest BCUT2D eigenvalue weighted by molar-refractivity contribution is 0.102. The third-order valence-electron chi connectivity index (χ3n) is 3.99. The molecule has 1 aromatic heterocycles. The van der Waals surface area contributed by atoms with Gasteiger partial charge in [0.1, 0.15) is 0 Å². The van der Waals surface area contributed by atoms with E-state index in [1.165, 1.54) is 6.07 Å². The van der Waals surface area contributed by atoms with Gasteiger partial charge >= 0.3 is 0 Å². The minimum atomic E-state index is -3.76. The summed E-state index contributed by atoms with van der Waals surface area (Å²) in [5, 5.41) is 2.72. The van der Waals surface area contributed by atoms with Gasteiger partial charge in [0.2, 0.25) is 10.0 Å². The molecule has 0 fully saturated rings. The second kappa shape index (κ2) is 8.11. The van der Waals surface area contributed by atoms with Crippen molar-refractivity contribution < 1.29 is 13.2 Å². The van der Waals surface area contributed by atoms with Gasteiger partial charge in [-0.1, -0.05) is 36.4 Å². The van der Waals surface area contributed by atoms with Crippen LogP contribution in [0.1, 0.15) is 21.5 Å². The molecule has 0 spiro atoms. The fraction of sp³-hybridized carbons (Fsp3) is 0.100. The molecule has 2 N–H and O–H groups in total. The van der Waals surface area contributed by atoms with Gasteiger partial charge < -0.3 is 5.32 Å². The maximum Gasteiger partial charge on any atom is 0.255 e. The summed E-state index contributed by atoms with van der Waals surface area (Å²) < 4.78 is 28.0. The lowest BCUT2D eigenvalue weighted by Gasteiger charge is -2.12. The zero-order valence-corrected chi connectivity index (χ0v) is 15.5. The van der Waals surface area contributed by atoms with Crippen LogP contribution in [-0.2, 0) is 16.6 Å². The van der Waals surface area contributed by atoms with Crippen LogP contribution in [0, 0.1) is 6.92 Å². The molecular weight excluding hydrogens is 362 g/mol. The van der Waals surface area contributed by atoms with Crippen LogP contribution in [0.25, 0.3) is 0 Å². The summed E-state index contributed by atoms with van der Waals surface area (Å²) in [6, 6.07) is 17.2. The molecule has 2 aromatic carbocycles. The van der Waals surface area contributed by atoms with Crippen LogP contribution in [0.3, 0.4) is 0 Å². The normalized spacial score (nSPS) is 11.1. The van der Waals surface area contributed by atoms with Crippen molar-refractivity contribution >= 4 is 21.6 Å². The van der Waals surface area contributed by atoms with Crippen LogP contribution in [0.15, 0.2) is 78.0 Å². The van der Waals surface area contributed by atoms with Crippen molar-refractivity contribution in [3.05, 3.63) is 89.7 Å². The van der Waals surface area contributed by atoms with Crippen molar-refractivity contribution in [2.75, 3.05) is 5.32 Å². The number of pyridine rings is 1. The summed E-state index contributed by atoms with van der Waals surface area (Å²) in [5.74, 6) is -0.388. The molecule has 1 amide bonds. The maximum atomic E-state index is 12.7. The van der Waals surface area contributed by atoms with E-state index in [0.717, 1.165) is 5.56 Å². The predicted octanol–water partition coefficient (Wildman–Crippen LogP) is 3.12. The summed E-state index contributed by atoms with van der Waals surface area (Å²) in [6.45, 7) is 1.87. The first kappa shape index (κ1) is 18.8. The van der Waals surface area contributed by atoms with E-state index in [4.69, 9.17) is 0 Å². The Morgan fingerprint density at radius 2 is 1.70 bits per heavy atom. The molecule has 0 saturated carbocycles. The number of carbonyl (C=O) groups is 1. The molecule has 138 valence electrons.